The van der Waals surface area contributed by atoms with Crippen LogP contribution in [0.25, 0.3) is 11.3 Å². The van der Waals surface area contributed by atoms with Crippen LogP contribution in [0.3, 0.4) is 0 Å². The van der Waals surface area contributed by atoms with Crippen LogP contribution in [0, 0.1) is 0 Å². The molecular formula is C15H17ClN4. The minimum atomic E-state index is 0.285. The fourth-order valence-electron chi connectivity index (χ4n) is 2.42. The maximum absolute atomic E-state index is 5.86. The van der Waals surface area contributed by atoms with Crippen molar-refractivity contribution in [1.29, 1.82) is 0 Å². The normalized spacial score (nSPS) is 16.4. The van der Waals surface area contributed by atoms with Crippen LogP contribution in [0.5, 0.6) is 0 Å². The Morgan fingerprint density at radius 2 is 1.90 bits per heavy atom. The Balaban J connectivity index is 1.86. The molecule has 3 rings (SSSR count). The molecule has 2 aromatic rings. The highest BCUT2D eigenvalue weighted by Gasteiger charge is 2.14. The van der Waals surface area contributed by atoms with Crippen LogP contribution in [-0.2, 0) is 0 Å². The number of benzene rings is 1. The summed E-state index contributed by atoms with van der Waals surface area (Å²) in [5, 5.41) is 0.285. The maximum Gasteiger partial charge on any atom is 0.222 e. The van der Waals surface area contributed by atoms with Gasteiger partial charge in [-0.25, -0.2) is 9.97 Å². The first-order valence-electron chi connectivity index (χ1n) is 6.75. The predicted octanol–water partition coefficient (Wildman–Crippen LogP) is 2.55. The van der Waals surface area contributed by atoms with Gasteiger partial charge in [-0.15, -0.1) is 0 Å². The van der Waals surface area contributed by atoms with Gasteiger partial charge in [-0.05, 0) is 36.8 Å². The number of hydrogen-bond donors (Lipinski definition) is 0. The fourth-order valence-corrected chi connectivity index (χ4v) is 2.57. The lowest BCUT2D eigenvalue weighted by Gasteiger charge is -2.34. The van der Waals surface area contributed by atoms with Gasteiger partial charge in [0.2, 0.25) is 5.28 Å². The molecule has 5 heteroatoms. The molecule has 1 saturated heterocycles. The van der Waals surface area contributed by atoms with E-state index in [0.717, 1.165) is 37.4 Å². The zero-order valence-corrected chi connectivity index (χ0v) is 12.2. The number of hydrogen-bond acceptors (Lipinski definition) is 4. The molecule has 4 nitrogen and oxygen atoms in total. The minimum Gasteiger partial charge on any atom is -0.369 e. The molecule has 0 aliphatic carbocycles. The van der Waals surface area contributed by atoms with Crippen LogP contribution in [0.4, 0.5) is 5.69 Å². The summed E-state index contributed by atoms with van der Waals surface area (Å²) in [6.45, 7) is 4.32. The van der Waals surface area contributed by atoms with Crippen LogP contribution >= 0.6 is 11.6 Å². The summed E-state index contributed by atoms with van der Waals surface area (Å²) in [5.41, 5.74) is 3.18. The SMILES string of the molecule is CN1CCN(c2cccc(-c3ccnc(Cl)n3)c2)CC1. The molecule has 0 amide bonds. The molecule has 1 aromatic carbocycles. The highest BCUT2D eigenvalue weighted by molar-refractivity contribution is 6.28. The predicted molar refractivity (Wildman–Crippen MR) is 82.2 cm³/mol. The quantitative estimate of drug-likeness (QED) is 0.795. The van der Waals surface area contributed by atoms with Gasteiger partial charge in [-0.3, -0.25) is 0 Å². The van der Waals surface area contributed by atoms with Crippen LogP contribution in [0.15, 0.2) is 36.5 Å². The molecular weight excluding hydrogens is 272 g/mol. The smallest absolute Gasteiger partial charge is 0.222 e. The fraction of sp³-hybridized carbons (Fsp3) is 0.333. The Morgan fingerprint density at radius 1 is 1.10 bits per heavy atom. The molecule has 0 unspecified atom stereocenters. The minimum absolute atomic E-state index is 0.285. The van der Waals surface area contributed by atoms with Crippen LogP contribution in [0.2, 0.25) is 5.28 Å². The molecule has 1 aliphatic heterocycles. The van der Waals surface area contributed by atoms with E-state index >= 15 is 0 Å². The highest BCUT2D eigenvalue weighted by Crippen LogP contribution is 2.24. The van der Waals surface area contributed by atoms with Gasteiger partial charge in [-0.1, -0.05) is 12.1 Å². The second-order valence-electron chi connectivity index (χ2n) is 5.05. The average Bonchev–Trinajstić information content (AvgIpc) is 2.48. The number of halogens is 1. The van der Waals surface area contributed by atoms with Crippen molar-refractivity contribution < 1.29 is 0 Å². The van der Waals surface area contributed by atoms with Gasteiger partial charge >= 0.3 is 0 Å². The van der Waals surface area contributed by atoms with Crippen molar-refractivity contribution in [2.24, 2.45) is 0 Å². The van der Waals surface area contributed by atoms with E-state index in [9.17, 15) is 0 Å². The van der Waals surface area contributed by atoms with Crippen molar-refractivity contribution in [2.45, 2.75) is 0 Å². The summed E-state index contributed by atoms with van der Waals surface area (Å²) in [5.74, 6) is 0. The van der Waals surface area contributed by atoms with Gasteiger partial charge in [0.15, 0.2) is 0 Å². The maximum atomic E-state index is 5.86. The van der Waals surface area contributed by atoms with Crippen LogP contribution in [0.1, 0.15) is 0 Å². The molecule has 1 aromatic heterocycles. The Kier molecular flexibility index (Phi) is 3.85. The second-order valence-corrected chi connectivity index (χ2v) is 5.39. The summed E-state index contributed by atoms with van der Waals surface area (Å²) >= 11 is 5.86. The van der Waals surface area contributed by atoms with Gasteiger partial charge in [0, 0.05) is 43.6 Å². The number of aromatic nitrogens is 2. The molecule has 0 bridgehead atoms. The van der Waals surface area contributed by atoms with Crippen molar-refractivity contribution in [3.8, 4) is 11.3 Å². The highest BCUT2D eigenvalue weighted by atomic mass is 35.5. The van der Waals surface area contributed by atoms with E-state index in [4.69, 9.17) is 11.6 Å². The molecule has 20 heavy (non-hydrogen) atoms. The van der Waals surface area contributed by atoms with E-state index in [2.05, 4.69) is 51.1 Å². The number of rotatable bonds is 2. The van der Waals surface area contributed by atoms with Crippen molar-refractivity contribution >= 4 is 17.3 Å². The third kappa shape index (κ3) is 2.92. The van der Waals surface area contributed by atoms with Crippen molar-refractivity contribution in [3.63, 3.8) is 0 Å². The summed E-state index contributed by atoms with van der Waals surface area (Å²) in [6, 6.07) is 10.3. The van der Waals surface area contributed by atoms with Crippen LogP contribution in [-0.4, -0.2) is 48.1 Å². The van der Waals surface area contributed by atoms with Crippen molar-refractivity contribution in [2.75, 3.05) is 38.1 Å². The zero-order valence-electron chi connectivity index (χ0n) is 11.5. The van der Waals surface area contributed by atoms with Crippen molar-refractivity contribution in [1.82, 2.24) is 14.9 Å². The first kappa shape index (κ1) is 13.3. The monoisotopic (exact) mass is 288 g/mol. The molecule has 1 aliphatic rings. The molecule has 0 N–H and O–H groups in total. The molecule has 0 radical (unpaired) electrons. The lowest BCUT2D eigenvalue weighted by molar-refractivity contribution is 0.313. The summed E-state index contributed by atoms with van der Waals surface area (Å²) in [6.07, 6.45) is 1.69. The summed E-state index contributed by atoms with van der Waals surface area (Å²) < 4.78 is 0. The lowest BCUT2D eigenvalue weighted by Crippen LogP contribution is -2.44. The third-order valence-corrected chi connectivity index (χ3v) is 3.82. The number of piperazine rings is 1. The Bertz CT molecular complexity index is 594. The van der Waals surface area contributed by atoms with E-state index < -0.39 is 0 Å². The Labute approximate surface area is 124 Å². The van der Waals surface area contributed by atoms with Crippen LogP contribution < -0.4 is 4.90 Å². The standard InChI is InChI=1S/C15H17ClN4/c1-19-7-9-20(10-8-19)13-4-2-3-12(11-13)14-5-6-17-15(16)18-14/h2-6,11H,7-10H2,1H3. The number of nitrogens with zero attached hydrogens (tertiary/aromatic N) is 4. The Hall–Kier alpha value is -1.65. The number of anilines is 1. The second kappa shape index (κ2) is 5.77. The first-order chi connectivity index (χ1) is 9.72. The van der Waals surface area contributed by atoms with Crippen molar-refractivity contribution in [3.05, 3.63) is 41.8 Å². The first-order valence-corrected chi connectivity index (χ1v) is 7.13. The van der Waals surface area contributed by atoms with E-state index in [1.165, 1.54) is 5.69 Å². The molecule has 104 valence electrons. The topological polar surface area (TPSA) is 32.3 Å². The van der Waals surface area contributed by atoms with Gasteiger partial charge in [0.1, 0.15) is 0 Å². The third-order valence-electron chi connectivity index (χ3n) is 3.64. The zero-order chi connectivity index (χ0) is 13.9. The Morgan fingerprint density at radius 3 is 2.65 bits per heavy atom. The average molecular weight is 289 g/mol. The molecule has 0 saturated carbocycles. The molecule has 0 spiro atoms. The summed E-state index contributed by atoms with van der Waals surface area (Å²) in [4.78, 5) is 13.0. The van der Waals surface area contributed by atoms with Gasteiger partial charge in [-0.2, -0.15) is 0 Å². The number of likely N-dealkylation sites (N-methyl/N-ethyl adjacent to an activating group) is 1. The molecule has 1 fully saturated rings. The largest absolute Gasteiger partial charge is 0.369 e. The van der Waals surface area contributed by atoms with Gasteiger partial charge in [0.25, 0.3) is 0 Å². The van der Waals surface area contributed by atoms with E-state index in [-0.39, 0.29) is 5.28 Å². The van der Waals surface area contributed by atoms with Gasteiger partial charge in [0.05, 0.1) is 5.69 Å². The van der Waals surface area contributed by atoms with E-state index in [1.54, 1.807) is 6.20 Å². The molecule has 2 heterocycles. The lowest BCUT2D eigenvalue weighted by atomic mass is 10.1. The van der Waals surface area contributed by atoms with E-state index in [0.29, 0.717) is 0 Å². The summed E-state index contributed by atoms with van der Waals surface area (Å²) in [7, 11) is 2.16. The molecule has 0 atom stereocenters. The van der Waals surface area contributed by atoms with E-state index in [1.807, 2.05) is 6.07 Å². The van der Waals surface area contributed by atoms with Gasteiger partial charge < -0.3 is 9.80 Å².